The molecule has 1 aliphatic carbocycles. The van der Waals surface area contributed by atoms with Crippen LogP contribution in [-0.4, -0.2) is 11.0 Å². The van der Waals surface area contributed by atoms with Gasteiger partial charge in [0.1, 0.15) is 6.26 Å². The van der Waals surface area contributed by atoms with Gasteiger partial charge in [-0.3, -0.25) is 0 Å². The van der Waals surface area contributed by atoms with E-state index in [-0.39, 0.29) is 0 Å². The Morgan fingerprint density at radius 3 is 3.00 bits per heavy atom. The smallest absolute Gasteiger partial charge is 0.180 e. The van der Waals surface area contributed by atoms with Gasteiger partial charge in [-0.1, -0.05) is 6.42 Å². The van der Waals surface area contributed by atoms with Crippen LogP contribution in [-0.2, 0) is 0 Å². The van der Waals surface area contributed by atoms with Gasteiger partial charge in [0, 0.05) is 12.0 Å². The molecule has 1 heterocycles. The molecule has 0 aliphatic heterocycles. The van der Waals surface area contributed by atoms with Crippen LogP contribution in [0.25, 0.3) is 0 Å². The van der Waals surface area contributed by atoms with Crippen LogP contribution in [0.4, 0.5) is 0 Å². The second-order valence-electron chi connectivity index (χ2n) is 3.11. The van der Waals surface area contributed by atoms with Crippen LogP contribution in [0.2, 0.25) is 0 Å². The minimum Gasteiger partial charge on any atom is -0.451 e. The molecule has 11 heavy (non-hydrogen) atoms. The summed E-state index contributed by atoms with van der Waals surface area (Å²) >= 11 is 0. The second kappa shape index (κ2) is 2.66. The molecule has 1 aromatic heterocycles. The Morgan fingerprint density at radius 1 is 1.55 bits per heavy atom. The van der Waals surface area contributed by atoms with Crippen LogP contribution in [0.5, 0.6) is 0 Å². The maximum atomic E-state index is 5.89. The molecule has 0 amide bonds. The maximum absolute atomic E-state index is 5.89. The highest BCUT2D eigenvalue weighted by atomic mass is 16.3. The van der Waals surface area contributed by atoms with Crippen molar-refractivity contribution in [1.29, 1.82) is 0 Å². The molecule has 0 spiro atoms. The van der Waals surface area contributed by atoms with Gasteiger partial charge >= 0.3 is 0 Å². The molecule has 1 fully saturated rings. The van der Waals surface area contributed by atoms with Crippen molar-refractivity contribution in [1.82, 2.24) is 4.98 Å². The van der Waals surface area contributed by atoms with E-state index in [1.165, 1.54) is 12.8 Å². The lowest BCUT2D eigenvalue weighted by atomic mass is 10.0. The molecular formula is C8H12N2O. The van der Waals surface area contributed by atoms with Crippen molar-refractivity contribution in [3.63, 3.8) is 0 Å². The highest BCUT2D eigenvalue weighted by Gasteiger charge is 2.26. The largest absolute Gasteiger partial charge is 0.451 e. The predicted octanol–water partition coefficient (Wildman–Crippen LogP) is 1.27. The van der Waals surface area contributed by atoms with Crippen LogP contribution in [0, 0.1) is 0 Å². The molecule has 2 rings (SSSR count). The van der Waals surface area contributed by atoms with E-state index < -0.39 is 0 Å². The third kappa shape index (κ3) is 1.16. The minimum absolute atomic E-state index is 0.292. The van der Waals surface area contributed by atoms with Gasteiger partial charge in [-0.2, -0.15) is 0 Å². The van der Waals surface area contributed by atoms with Gasteiger partial charge in [0.05, 0.1) is 5.69 Å². The number of oxazole rings is 1. The molecule has 60 valence electrons. The van der Waals surface area contributed by atoms with Crippen molar-refractivity contribution in [2.24, 2.45) is 5.73 Å². The van der Waals surface area contributed by atoms with E-state index in [4.69, 9.17) is 10.2 Å². The molecule has 2 atom stereocenters. The number of aromatic nitrogens is 1. The highest BCUT2D eigenvalue weighted by molar-refractivity contribution is 5.07. The molecule has 1 aliphatic rings. The maximum Gasteiger partial charge on any atom is 0.180 e. The zero-order chi connectivity index (χ0) is 7.68. The van der Waals surface area contributed by atoms with E-state index in [9.17, 15) is 0 Å². The molecule has 0 bridgehead atoms. The first-order valence-corrected chi connectivity index (χ1v) is 4.01. The van der Waals surface area contributed by atoms with Gasteiger partial charge in [-0.25, -0.2) is 4.98 Å². The van der Waals surface area contributed by atoms with E-state index in [0.717, 1.165) is 18.5 Å². The SMILES string of the molecule is NC1CCCC1c1cocn1. The fourth-order valence-electron chi connectivity index (χ4n) is 1.76. The lowest BCUT2D eigenvalue weighted by Crippen LogP contribution is -2.22. The summed E-state index contributed by atoms with van der Waals surface area (Å²) in [5, 5.41) is 0. The van der Waals surface area contributed by atoms with Crippen LogP contribution in [0.3, 0.4) is 0 Å². The Labute approximate surface area is 65.6 Å². The Morgan fingerprint density at radius 2 is 2.45 bits per heavy atom. The summed E-state index contributed by atoms with van der Waals surface area (Å²) in [6, 6.07) is 0.292. The summed E-state index contributed by atoms with van der Waals surface area (Å²) < 4.78 is 4.91. The van der Waals surface area contributed by atoms with Crippen LogP contribution in [0.15, 0.2) is 17.1 Å². The average molecular weight is 152 g/mol. The first-order chi connectivity index (χ1) is 5.38. The third-order valence-corrected chi connectivity index (χ3v) is 2.40. The van der Waals surface area contributed by atoms with Gasteiger partial charge < -0.3 is 10.2 Å². The topological polar surface area (TPSA) is 52.0 Å². The van der Waals surface area contributed by atoms with Crippen molar-refractivity contribution in [2.45, 2.75) is 31.2 Å². The highest BCUT2D eigenvalue weighted by Crippen LogP contribution is 2.31. The normalized spacial score (nSPS) is 31.0. The van der Waals surface area contributed by atoms with E-state index in [2.05, 4.69) is 4.98 Å². The standard InChI is InChI=1S/C8H12N2O/c9-7-3-1-2-6(7)8-4-11-5-10-8/h4-7H,1-3,9H2. The summed E-state index contributed by atoms with van der Waals surface area (Å²) in [5.74, 6) is 0.439. The van der Waals surface area contributed by atoms with Crippen LogP contribution in [0.1, 0.15) is 30.9 Å². The van der Waals surface area contributed by atoms with Crippen molar-refractivity contribution in [2.75, 3.05) is 0 Å². The molecule has 0 aromatic carbocycles. The van der Waals surface area contributed by atoms with Crippen molar-refractivity contribution in [3.05, 3.63) is 18.4 Å². The Kier molecular flexibility index (Phi) is 1.66. The average Bonchev–Trinajstić information content (AvgIpc) is 2.55. The van der Waals surface area contributed by atoms with E-state index >= 15 is 0 Å². The molecule has 0 saturated heterocycles. The summed E-state index contributed by atoms with van der Waals surface area (Å²) in [6.45, 7) is 0. The molecule has 1 aromatic rings. The number of hydrogen-bond acceptors (Lipinski definition) is 3. The number of nitrogens with zero attached hydrogens (tertiary/aromatic N) is 1. The Bertz CT molecular complexity index is 220. The quantitative estimate of drug-likeness (QED) is 0.659. The van der Waals surface area contributed by atoms with Gasteiger partial charge in [0.15, 0.2) is 6.39 Å². The van der Waals surface area contributed by atoms with Gasteiger partial charge in [-0.15, -0.1) is 0 Å². The Balaban J connectivity index is 2.16. The van der Waals surface area contributed by atoms with Gasteiger partial charge in [0.2, 0.25) is 0 Å². The monoisotopic (exact) mass is 152 g/mol. The van der Waals surface area contributed by atoms with Gasteiger partial charge in [0.25, 0.3) is 0 Å². The third-order valence-electron chi connectivity index (χ3n) is 2.40. The van der Waals surface area contributed by atoms with Gasteiger partial charge in [-0.05, 0) is 12.8 Å². The van der Waals surface area contributed by atoms with Crippen molar-refractivity contribution in [3.8, 4) is 0 Å². The van der Waals surface area contributed by atoms with E-state index in [1.807, 2.05) is 0 Å². The fourth-order valence-corrected chi connectivity index (χ4v) is 1.76. The molecule has 2 N–H and O–H groups in total. The summed E-state index contributed by atoms with van der Waals surface area (Å²) in [6.07, 6.45) is 6.68. The van der Waals surface area contributed by atoms with Crippen molar-refractivity contribution < 1.29 is 4.42 Å². The van der Waals surface area contributed by atoms with E-state index in [1.54, 1.807) is 6.26 Å². The first-order valence-electron chi connectivity index (χ1n) is 4.01. The summed E-state index contributed by atoms with van der Waals surface area (Å²) in [5.41, 5.74) is 6.91. The lowest BCUT2D eigenvalue weighted by molar-refractivity contribution is 0.548. The molecule has 3 nitrogen and oxygen atoms in total. The molecule has 3 heteroatoms. The van der Waals surface area contributed by atoms with Crippen LogP contribution >= 0.6 is 0 Å². The second-order valence-corrected chi connectivity index (χ2v) is 3.11. The molecular weight excluding hydrogens is 140 g/mol. The lowest BCUT2D eigenvalue weighted by Gasteiger charge is -2.10. The van der Waals surface area contributed by atoms with Crippen molar-refractivity contribution >= 4 is 0 Å². The summed E-state index contributed by atoms with van der Waals surface area (Å²) in [7, 11) is 0. The fraction of sp³-hybridized carbons (Fsp3) is 0.625. The van der Waals surface area contributed by atoms with Crippen LogP contribution < -0.4 is 5.73 Å². The predicted molar refractivity (Wildman–Crippen MR) is 41.1 cm³/mol. The minimum atomic E-state index is 0.292. The molecule has 0 radical (unpaired) electrons. The Hall–Kier alpha value is -0.830. The molecule has 2 unspecified atom stereocenters. The number of rotatable bonds is 1. The summed E-state index contributed by atoms with van der Waals surface area (Å²) in [4.78, 5) is 4.10. The molecule has 1 saturated carbocycles. The zero-order valence-electron chi connectivity index (χ0n) is 6.36. The van der Waals surface area contributed by atoms with E-state index in [0.29, 0.717) is 12.0 Å². The number of nitrogens with two attached hydrogens (primary N) is 1. The first kappa shape index (κ1) is 6.85. The zero-order valence-corrected chi connectivity index (χ0v) is 6.36. The number of hydrogen-bond donors (Lipinski definition) is 1.